The fourth-order valence-electron chi connectivity index (χ4n) is 1.56. The van der Waals surface area contributed by atoms with Crippen molar-refractivity contribution in [2.75, 3.05) is 13.4 Å². The van der Waals surface area contributed by atoms with Gasteiger partial charge in [0.05, 0.1) is 13.3 Å². The van der Waals surface area contributed by atoms with Crippen LogP contribution in [0.5, 0.6) is 5.88 Å². The predicted molar refractivity (Wildman–Crippen MR) is 59.8 cm³/mol. The molecule has 0 fully saturated rings. The molecule has 0 atom stereocenters. The van der Waals surface area contributed by atoms with Crippen LogP contribution in [-0.2, 0) is 0 Å². The number of H-pyrrole nitrogens is 1. The Hall–Kier alpha value is -1.76. The minimum atomic E-state index is 0.498. The highest BCUT2D eigenvalue weighted by atomic mass is 32.2. The smallest absolute Gasteiger partial charge is 0.237 e. The number of rotatable bonds is 2. The van der Waals surface area contributed by atoms with E-state index in [4.69, 9.17) is 9.15 Å². The molecule has 82 valence electrons. The summed E-state index contributed by atoms with van der Waals surface area (Å²) in [6.45, 7) is 0. The van der Waals surface area contributed by atoms with Crippen LogP contribution < -0.4 is 4.74 Å². The Labute approximate surface area is 94.4 Å². The van der Waals surface area contributed by atoms with Gasteiger partial charge in [-0.1, -0.05) is 11.8 Å². The maximum Gasteiger partial charge on any atom is 0.237 e. The van der Waals surface area contributed by atoms with Gasteiger partial charge in [-0.05, 0) is 6.26 Å². The molecule has 0 radical (unpaired) electrons. The topological polar surface area (TPSA) is 76.8 Å². The molecule has 0 spiro atoms. The second-order valence-corrected chi connectivity index (χ2v) is 3.88. The number of fused-ring (bicyclic) bond motifs is 3. The molecule has 3 heterocycles. The average molecular weight is 236 g/mol. The van der Waals surface area contributed by atoms with Crippen LogP contribution in [0.4, 0.5) is 0 Å². The Morgan fingerprint density at radius 1 is 1.44 bits per heavy atom. The van der Waals surface area contributed by atoms with Crippen LogP contribution in [0.25, 0.3) is 22.2 Å². The molecule has 0 unspecified atom stereocenters. The van der Waals surface area contributed by atoms with Crippen LogP contribution in [-0.4, -0.2) is 33.5 Å². The third-order valence-corrected chi connectivity index (χ3v) is 2.81. The summed E-state index contributed by atoms with van der Waals surface area (Å²) in [6.07, 6.45) is 3.51. The third kappa shape index (κ3) is 1.18. The number of hydrogen-bond donors (Lipinski definition) is 1. The molecule has 0 saturated carbocycles. The van der Waals surface area contributed by atoms with Crippen molar-refractivity contribution in [3.05, 3.63) is 6.20 Å². The van der Waals surface area contributed by atoms with Crippen molar-refractivity contribution in [2.45, 2.75) is 5.16 Å². The lowest BCUT2D eigenvalue weighted by Crippen LogP contribution is -1.93. The van der Waals surface area contributed by atoms with Gasteiger partial charge in [0.15, 0.2) is 10.7 Å². The fraction of sp³-hybridized carbons (Fsp3) is 0.222. The van der Waals surface area contributed by atoms with Gasteiger partial charge in [-0.3, -0.25) is 5.10 Å². The summed E-state index contributed by atoms with van der Waals surface area (Å²) in [6, 6.07) is 0. The Bertz CT molecular complexity index is 660. The van der Waals surface area contributed by atoms with Gasteiger partial charge in [0.1, 0.15) is 10.9 Å². The van der Waals surface area contributed by atoms with Crippen LogP contribution in [0.3, 0.4) is 0 Å². The molecule has 0 aliphatic rings. The summed E-state index contributed by atoms with van der Waals surface area (Å²) < 4.78 is 10.8. The SMILES string of the molecule is COc1nc(SC)nc2oc3cn[nH]c3c12. The molecule has 16 heavy (non-hydrogen) atoms. The Morgan fingerprint density at radius 3 is 3.06 bits per heavy atom. The maximum atomic E-state index is 5.54. The monoisotopic (exact) mass is 236 g/mol. The molecular weight excluding hydrogens is 228 g/mol. The molecular formula is C9H8N4O2S. The molecule has 0 aliphatic heterocycles. The predicted octanol–water partition coefficient (Wildman–Crippen LogP) is 1.83. The second-order valence-electron chi connectivity index (χ2n) is 3.11. The summed E-state index contributed by atoms with van der Waals surface area (Å²) in [5, 5.41) is 8.09. The van der Waals surface area contributed by atoms with E-state index in [0.717, 1.165) is 10.9 Å². The molecule has 7 heteroatoms. The molecule has 0 amide bonds. The van der Waals surface area contributed by atoms with E-state index in [1.165, 1.54) is 11.8 Å². The first-order chi connectivity index (χ1) is 7.83. The molecule has 6 nitrogen and oxygen atoms in total. The summed E-state index contributed by atoms with van der Waals surface area (Å²) in [5.74, 6) is 0.498. The minimum absolute atomic E-state index is 0.498. The molecule has 1 N–H and O–H groups in total. The number of methoxy groups -OCH3 is 1. The summed E-state index contributed by atoms with van der Waals surface area (Å²) in [7, 11) is 1.57. The molecule has 3 aromatic heterocycles. The average Bonchev–Trinajstić information content (AvgIpc) is 2.86. The minimum Gasteiger partial charge on any atom is -0.480 e. The first-order valence-electron chi connectivity index (χ1n) is 4.55. The van der Waals surface area contributed by atoms with E-state index in [1.54, 1.807) is 13.3 Å². The lowest BCUT2D eigenvalue weighted by molar-refractivity contribution is 0.398. The van der Waals surface area contributed by atoms with Crippen molar-refractivity contribution < 1.29 is 9.15 Å². The normalized spacial score (nSPS) is 11.4. The van der Waals surface area contributed by atoms with Gasteiger partial charge in [-0.25, -0.2) is 0 Å². The fourth-order valence-corrected chi connectivity index (χ4v) is 1.91. The largest absolute Gasteiger partial charge is 0.480 e. The zero-order chi connectivity index (χ0) is 11.1. The highest BCUT2D eigenvalue weighted by Crippen LogP contribution is 2.32. The molecule has 3 rings (SSSR count). The zero-order valence-electron chi connectivity index (χ0n) is 8.64. The van der Waals surface area contributed by atoms with Gasteiger partial charge in [-0.2, -0.15) is 15.1 Å². The number of aromatic amines is 1. The third-order valence-electron chi connectivity index (χ3n) is 2.26. The van der Waals surface area contributed by atoms with Crippen LogP contribution in [0, 0.1) is 0 Å². The van der Waals surface area contributed by atoms with Crippen molar-refractivity contribution in [3.8, 4) is 5.88 Å². The van der Waals surface area contributed by atoms with Crippen LogP contribution in [0.2, 0.25) is 0 Å². The number of hydrogen-bond acceptors (Lipinski definition) is 6. The van der Waals surface area contributed by atoms with E-state index in [-0.39, 0.29) is 0 Å². The molecule has 0 aliphatic carbocycles. The number of nitrogens with zero attached hydrogens (tertiary/aromatic N) is 3. The van der Waals surface area contributed by atoms with Gasteiger partial charge >= 0.3 is 0 Å². The highest BCUT2D eigenvalue weighted by Gasteiger charge is 2.17. The van der Waals surface area contributed by atoms with Crippen molar-refractivity contribution in [1.29, 1.82) is 0 Å². The maximum absolute atomic E-state index is 5.54. The molecule has 0 bridgehead atoms. The Balaban J connectivity index is 2.46. The number of nitrogens with one attached hydrogen (secondary N) is 1. The van der Waals surface area contributed by atoms with E-state index in [1.807, 2.05) is 6.26 Å². The van der Waals surface area contributed by atoms with Gasteiger partial charge in [0, 0.05) is 0 Å². The van der Waals surface area contributed by atoms with E-state index in [2.05, 4.69) is 20.2 Å². The van der Waals surface area contributed by atoms with Gasteiger partial charge in [0.2, 0.25) is 11.6 Å². The first-order valence-corrected chi connectivity index (χ1v) is 5.77. The number of ether oxygens (including phenoxy) is 1. The van der Waals surface area contributed by atoms with Gasteiger partial charge in [-0.15, -0.1) is 0 Å². The summed E-state index contributed by atoms with van der Waals surface area (Å²) in [4.78, 5) is 8.53. The van der Waals surface area contributed by atoms with Crippen LogP contribution in [0.1, 0.15) is 0 Å². The van der Waals surface area contributed by atoms with E-state index >= 15 is 0 Å². The quantitative estimate of drug-likeness (QED) is 0.540. The van der Waals surface area contributed by atoms with E-state index in [9.17, 15) is 0 Å². The number of furan rings is 1. The summed E-state index contributed by atoms with van der Waals surface area (Å²) >= 11 is 1.44. The lowest BCUT2D eigenvalue weighted by atomic mass is 10.3. The van der Waals surface area contributed by atoms with Crippen LogP contribution in [0.15, 0.2) is 15.8 Å². The van der Waals surface area contributed by atoms with Crippen molar-refractivity contribution in [3.63, 3.8) is 0 Å². The number of thioether (sulfide) groups is 1. The Kier molecular flexibility index (Phi) is 2.00. The summed E-state index contributed by atoms with van der Waals surface area (Å²) in [5.41, 5.74) is 1.93. The second kappa shape index (κ2) is 3.38. The molecule has 3 aromatic rings. The van der Waals surface area contributed by atoms with Gasteiger partial charge < -0.3 is 9.15 Å². The molecule has 0 aromatic carbocycles. The first kappa shape index (κ1) is 9.46. The van der Waals surface area contributed by atoms with Crippen molar-refractivity contribution in [2.24, 2.45) is 0 Å². The lowest BCUT2D eigenvalue weighted by Gasteiger charge is -2.01. The van der Waals surface area contributed by atoms with Gasteiger partial charge in [0.25, 0.3) is 0 Å². The standard InChI is InChI=1S/C9H8N4O2S/c1-14-7-5-6-4(3-10-13-6)15-8(5)12-9(11-7)16-2/h3H,1-2H3,(H,10,13). The van der Waals surface area contributed by atoms with Crippen LogP contribution >= 0.6 is 11.8 Å². The zero-order valence-corrected chi connectivity index (χ0v) is 9.46. The van der Waals surface area contributed by atoms with Crippen molar-refractivity contribution >= 4 is 34.0 Å². The number of aromatic nitrogens is 4. The highest BCUT2D eigenvalue weighted by molar-refractivity contribution is 7.98. The Morgan fingerprint density at radius 2 is 2.31 bits per heavy atom. The van der Waals surface area contributed by atoms with E-state index in [0.29, 0.717) is 22.3 Å². The van der Waals surface area contributed by atoms with E-state index < -0.39 is 0 Å². The molecule has 0 saturated heterocycles. The van der Waals surface area contributed by atoms with Crippen molar-refractivity contribution in [1.82, 2.24) is 20.2 Å².